The quantitative estimate of drug-likeness (QED) is 0.725. The van der Waals surface area contributed by atoms with Gasteiger partial charge in [0.05, 0.1) is 5.75 Å². The van der Waals surface area contributed by atoms with E-state index in [-0.39, 0.29) is 6.04 Å². The van der Waals surface area contributed by atoms with Crippen molar-refractivity contribution in [3.05, 3.63) is 63.9 Å². The summed E-state index contributed by atoms with van der Waals surface area (Å²) in [5.74, 6) is 1.81. The van der Waals surface area contributed by atoms with Gasteiger partial charge in [0, 0.05) is 9.77 Å². The number of hydrogen-bond donors (Lipinski definition) is 1. The molecule has 1 aromatic carbocycles. The van der Waals surface area contributed by atoms with Crippen molar-refractivity contribution in [3.8, 4) is 0 Å². The minimum atomic E-state index is -0.337. The maximum Gasteiger partial charge on any atom is 0.249 e. The summed E-state index contributed by atoms with van der Waals surface area (Å²) < 4.78 is 5.26. The van der Waals surface area contributed by atoms with Gasteiger partial charge in [-0.3, -0.25) is 0 Å². The average molecular weight is 317 g/mol. The van der Waals surface area contributed by atoms with E-state index >= 15 is 0 Å². The normalized spacial score (nSPS) is 12.5. The molecule has 2 N–H and O–H groups in total. The van der Waals surface area contributed by atoms with Crippen LogP contribution in [0.1, 0.15) is 28.2 Å². The van der Waals surface area contributed by atoms with Gasteiger partial charge in [-0.15, -0.1) is 23.1 Å². The van der Waals surface area contributed by atoms with Crippen molar-refractivity contribution in [2.75, 3.05) is 0 Å². The molecule has 0 saturated heterocycles. The Morgan fingerprint density at radius 2 is 2.10 bits per heavy atom. The fourth-order valence-corrected chi connectivity index (χ4v) is 3.29. The zero-order valence-electron chi connectivity index (χ0n) is 11.5. The smallest absolute Gasteiger partial charge is 0.249 e. The van der Waals surface area contributed by atoms with E-state index in [1.54, 1.807) is 23.1 Å². The Kier molecular flexibility index (Phi) is 4.38. The van der Waals surface area contributed by atoms with Crippen LogP contribution < -0.4 is 5.73 Å². The molecule has 1 unspecified atom stereocenters. The highest BCUT2D eigenvalue weighted by Crippen LogP contribution is 2.25. The van der Waals surface area contributed by atoms with E-state index in [1.165, 1.54) is 10.5 Å². The Labute approximate surface area is 131 Å². The van der Waals surface area contributed by atoms with Gasteiger partial charge in [-0.25, -0.2) is 0 Å². The van der Waals surface area contributed by atoms with Gasteiger partial charge in [0.2, 0.25) is 5.89 Å². The van der Waals surface area contributed by atoms with E-state index < -0.39 is 0 Å². The topological polar surface area (TPSA) is 64.9 Å². The number of aryl methyl sites for hydroxylation is 1. The molecule has 0 bridgehead atoms. The fourth-order valence-electron chi connectivity index (χ4n) is 1.82. The second kappa shape index (κ2) is 6.43. The van der Waals surface area contributed by atoms with E-state index in [0.29, 0.717) is 17.5 Å². The lowest BCUT2D eigenvalue weighted by molar-refractivity contribution is 0.364. The third kappa shape index (κ3) is 3.53. The minimum Gasteiger partial charge on any atom is -0.337 e. The first-order valence-electron chi connectivity index (χ1n) is 6.53. The van der Waals surface area contributed by atoms with Crippen molar-refractivity contribution in [1.82, 2.24) is 10.1 Å². The Hall–Kier alpha value is -1.63. The zero-order valence-corrected chi connectivity index (χ0v) is 13.2. The van der Waals surface area contributed by atoms with Crippen LogP contribution in [0.3, 0.4) is 0 Å². The summed E-state index contributed by atoms with van der Waals surface area (Å²) in [7, 11) is 0. The van der Waals surface area contributed by atoms with Gasteiger partial charge in [0.1, 0.15) is 6.04 Å². The number of aromatic nitrogens is 2. The summed E-state index contributed by atoms with van der Waals surface area (Å²) in [4.78, 5) is 6.60. The number of thiophene rings is 1. The van der Waals surface area contributed by atoms with Crippen molar-refractivity contribution in [2.45, 2.75) is 23.6 Å². The number of benzene rings is 1. The van der Waals surface area contributed by atoms with Crippen LogP contribution in [-0.4, -0.2) is 10.1 Å². The predicted octanol–water partition coefficient (Wildman–Crippen LogP) is 3.78. The molecule has 1 atom stereocenters. The molecule has 4 nitrogen and oxygen atoms in total. The lowest BCUT2D eigenvalue weighted by Crippen LogP contribution is -2.10. The predicted molar refractivity (Wildman–Crippen MR) is 85.4 cm³/mol. The summed E-state index contributed by atoms with van der Waals surface area (Å²) in [5.41, 5.74) is 7.36. The van der Waals surface area contributed by atoms with Crippen molar-refractivity contribution in [3.63, 3.8) is 0 Å². The maximum atomic E-state index is 6.11. The molecular weight excluding hydrogens is 302 g/mol. The number of rotatable bonds is 5. The summed E-state index contributed by atoms with van der Waals surface area (Å²) in [6.45, 7) is 2.08. The second-order valence-corrected chi connectivity index (χ2v) is 6.67. The van der Waals surface area contributed by atoms with E-state index in [2.05, 4.69) is 41.3 Å². The van der Waals surface area contributed by atoms with Crippen LogP contribution in [0, 0.1) is 6.92 Å². The highest BCUT2D eigenvalue weighted by atomic mass is 32.2. The maximum absolute atomic E-state index is 6.11. The molecule has 0 radical (unpaired) electrons. The second-order valence-electron chi connectivity index (χ2n) is 4.64. The molecule has 0 amide bonds. The molecule has 3 aromatic rings. The summed E-state index contributed by atoms with van der Waals surface area (Å²) in [6, 6.07) is 12.0. The average Bonchev–Trinajstić information content (AvgIpc) is 3.18. The van der Waals surface area contributed by atoms with Gasteiger partial charge < -0.3 is 10.3 Å². The van der Waals surface area contributed by atoms with Crippen molar-refractivity contribution < 1.29 is 4.52 Å². The lowest BCUT2D eigenvalue weighted by Gasteiger charge is -2.01. The Morgan fingerprint density at radius 3 is 2.81 bits per heavy atom. The van der Waals surface area contributed by atoms with Crippen LogP contribution in [0.4, 0.5) is 0 Å². The number of nitrogens with zero attached hydrogens (tertiary/aromatic N) is 2. The molecule has 0 aliphatic carbocycles. The third-order valence-corrected chi connectivity index (χ3v) is 4.95. The standard InChI is InChI=1S/C15H15N3OS2/c1-10-4-6-11(7-5-10)21-9-13-17-15(19-18-13)14(16)12-3-2-8-20-12/h2-8,14H,9,16H2,1H3. The largest absolute Gasteiger partial charge is 0.337 e. The van der Waals surface area contributed by atoms with Crippen LogP contribution in [0.15, 0.2) is 51.2 Å². The van der Waals surface area contributed by atoms with E-state index in [0.717, 1.165) is 4.88 Å². The summed E-state index contributed by atoms with van der Waals surface area (Å²) in [6.07, 6.45) is 0. The summed E-state index contributed by atoms with van der Waals surface area (Å²) in [5, 5.41) is 5.98. The third-order valence-electron chi connectivity index (χ3n) is 2.99. The first-order valence-corrected chi connectivity index (χ1v) is 8.40. The number of nitrogens with two attached hydrogens (primary N) is 1. The van der Waals surface area contributed by atoms with Crippen LogP contribution in [0.5, 0.6) is 0 Å². The molecule has 0 spiro atoms. The molecule has 3 rings (SSSR count). The Bertz CT molecular complexity index is 692. The first kappa shape index (κ1) is 14.3. The van der Waals surface area contributed by atoms with Gasteiger partial charge in [0.25, 0.3) is 0 Å². The van der Waals surface area contributed by atoms with Crippen LogP contribution >= 0.6 is 23.1 Å². The molecule has 2 aromatic heterocycles. The monoisotopic (exact) mass is 317 g/mol. The van der Waals surface area contributed by atoms with Gasteiger partial charge in [-0.1, -0.05) is 28.9 Å². The Balaban J connectivity index is 1.64. The van der Waals surface area contributed by atoms with Gasteiger partial charge in [0.15, 0.2) is 5.82 Å². The number of hydrogen-bond acceptors (Lipinski definition) is 6. The molecular formula is C15H15N3OS2. The van der Waals surface area contributed by atoms with Crippen LogP contribution in [0.25, 0.3) is 0 Å². The highest BCUT2D eigenvalue weighted by Gasteiger charge is 2.17. The fraction of sp³-hybridized carbons (Fsp3) is 0.200. The molecule has 21 heavy (non-hydrogen) atoms. The SMILES string of the molecule is Cc1ccc(SCc2noc(C(N)c3cccs3)n2)cc1. The van der Waals surface area contributed by atoms with Crippen molar-refractivity contribution >= 4 is 23.1 Å². The molecule has 0 aliphatic heterocycles. The Morgan fingerprint density at radius 1 is 1.29 bits per heavy atom. The minimum absolute atomic E-state index is 0.337. The van der Waals surface area contributed by atoms with Gasteiger partial charge in [-0.05, 0) is 30.5 Å². The summed E-state index contributed by atoms with van der Waals surface area (Å²) >= 11 is 3.27. The van der Waals surface area contributed by atoms with Crippen LogP contribution in [-0.2, 0) is 5.75 Å². The van der Waals surface area contributed by atoms with E-state index in [9.17, 15) is 0 Å². The van der Waals surface area contributed by atoms with Crippen molar-refractivity contribution in [1.29, 1.82) is 0 Å². The molecule has 0 saturated carbocycles. The highest BCUT2D eigenvalue weighted by molar-refractivity contribution is 7.98. The van der Waals surface area contributed by atoms with E-state index in [4.69, 9.17) is 10.3 Å². The van der Waals surface area contributed by atoms with E-state index in [1.807, 2.05) is 17.5 Å². The van der Waals surface area contributed by atoms with Gasteiger partial charge in [-0.2, -0.15) is 4.98 Å². The first-order chi connectivity index (χ1) is 10.2. The van der Waals surface area contributed by atoms with Crippen LogP contribution in [0.2, 0.25) is 0 Å². The van der Waals surface area contributed by atoms with Gasteiger partial charge >= 0.3 is 0 Å². The van der Waals surface area contributed by atoms with Crippen molar-refractivity contribution in [2.24, 2.45) is 5.73 Å². The molecule has 0 fully saturated rings. The zero-order chi connectivity index (χ0) is 14.7. The molecule has 108 valence electrons. The molecule has 0 aliphatic rings. The lowest BCUT2D eigenvalue weighted by atomic mass is 10.2. The molecule has 6 heteroatoms. The number of thioether (sulfide) groups is 1. The molecule has 2 heterocycles.